The molecule has 0 fully saturated rings. The van der Waals surface area contributed by atoms with Crippen LogP contribution in [-0.2, 0) is 0 Å². The Morgan fingerprint density at radius 1 is 1.29 bits per heavy atom. The molecule has 0 radical (unpaired) electrons. The molecule has 1 heteroatoms. The second kappa shape index (κ2) is 4.43. The molecule has 0 nitrogen and oxygen atoms in total. The summed E-state index contributed by atoms with van der Waals surface area (Å²) < 4.78 is 1.38. The number of thiophene rings is 1. The molecule has 2 rings (SSSR count). The van der Waals surface area contributed by atoms with Crippen molar-refractivity contribution in [3.05, 3.63) is 41.3 Å². The molecule has 0 N–H and O–H groups in total. The van der Waals surface area contributed by atoms with E-state index in [1.165, 1.54) is 28.5 Å². The van der Waals surface area contributed by atoms with Gasteiger partial charge in [-0.05, 0) is 28.8 Å². The Hall–Kier alpha value is -1.08. The Bertz CT molecular complexity index is 437. The Morgan fingerprint density at radius 3 is 3.00 bits per heavy atom. The quantitative estimate of drug-likeness (QED) is 0.676. The van der Waals surface area contributed by atoms with Gasteiger partial charge in [0.1, 0.15) is 0 Å². The van der Waals surface area contributed by atoms with E-state index in [4.69, 9.17) is 0 Å². The summed E-state index contributed by atoms with van der Waals surface area (Å²) >= 11 is 1.82. The molecule has 1 aromatic heterocycles. The fraction of sp³-hybridized carbons (Fsp3) is 0.231. The molecule has 0 aliphatic rings. The van der Waals surface area contributed by atoms with Crippen molar-refractivity contribution in [2.45, 2.75) is 19.8 Å². The van der Waals surface area contributed by atoms with Gasteiger partial charge >= 0.3 is 0 Å². The second-order valence-electron chi connectivity index (χ2n) is 3.38. The normalized spacial score (nSPS) is 11.5. The average Bonchev–Trinajstić information content (AvgIpc) is 2.63. The number of allylic oxidation sites excluding steroid dienone is 1. The number of unbranched alkanes of at least 4 members (excludes halogenated alkanes) is 1. The lowest BCUT2D eigenvalue weighted by molar-refractivity contribution is 0.962. The third-order valence-electron chi connectivity index (χ3n) is 2.26. The highest BCUT2D eigenvalue weighted by Crippen LogP contribution is 2.26. The number of hydrogen-bond acceptors (Lipinski definition) is 1. The number of benzene rings is 1. The minimum absolute atomic E-state index is 1.17. The molecule has 0 aliphatic heterocycles. The van der Waals surface area contributed by atoms with Gasteiger partial charge in [0, 0.05) is 4.70 Å². The van der Waals surface area contributed by atoms with Crippen LogP contribution in [0.2, 0.25) is 0 Å². The highest BCUT2D eigenvalue weighted by atomic mass is 32.1. The van der Waals surface area contributed by atoms with Gasteiger partial charge in [-0.3, -0.25) is 0 Å². The van der Waals surface area contributed by atoms with E-state index >= 15 is 0 Å². The van der Waals surface area contributed by atoms with Crippen LogP contribution in [0.1, 0.15) is 25.3 Å². The van der Waals surface area contributed by atoms with Crippen molar-refractivity contribution < 1.29 is 0 Å². The number of hydrogen-bond donors (Lipinski definition) is 0. The Balaban J connectivity index is 2.34. The topological polar surface area (TPSA) is 0 Å². The van der Waals surface area contributed by atoms with Crippen LogP contribution in [0.15, 0.2) is 35.7 Å². The maximum Gasteiger partial charge on any atom is 0.0348 e. The zero-order valence-corrected chi connectivity index (χ0v) is 9.18. The van der Waals surface area contributed by atoms with Crippen LogP contribution in [0.4, 0.5) is 0 Å². The van der Waals surface area contributed by atoms with Crippen LogP contribution < -0.4 is 0 Å². The molecule has 1 heterocycles. The molecule has 1 aromatic carbocycles. The summed E-state index contributed by atoms with van der Waals surface area (Å²) in [6.45, 7) is 2.20. The van der Waals surface area contributed by atoms with Crippen molar-refractivity contribution in [3.63, 3.8) is 0 Å². The number of fused-ring (bicyclic) bond motifs is 1. The van der Waals surface area contributed by atoms with Gasteiger partial charge in [-0.15, -0.1) is 11.3 Å². The van der Waals surface area contributed by atoms with E-state index in [0.29, 0.717) is 0 Å². The van der Waals surface area contributed by atoms with Gasteiger partial charge in [-0.2, -0.15) is 0 Å². The van der Waals surface area contributed by atoms with Crippen molar-refractivity contribution in [1.29, 1.82) is 0 Å². The Morgan fingerprint density at radius 2 is 2.14 bits per heavy atom. The Labute approximate surface area is 88.9 Å². The van der Waals surface area contributed by atoms with Gasteiger partial charge in [-0.1, -0.05) is 43.7 Å². The van der Waals surface area contributed by atoms with Gasteiger partial charge in [0.15, 0.2) is 0 Å². The third-order valence-corrected chi connectivity index (χ3v) is 3.25. The molecule has 0 aliphatic carbocycles. The van der Waals surface area contributed by atoms with E-state index in [2.05, 4.69) is 48.7 Å². The molecule has 0 bridgehead atoms. The standard InChI is InChI=1S/C13H14S/c1-2-3-4-7-11-10-14-13-9-6-5-8-12(11)13/h4-10H,2-3H2,1H3/b7-4+. The second-order valence-corrected chi connectivity index (χ2v) is 4.29. The van der Waals surface area contributed by atoms with Gasteiger partial charge < -0.3 is 0 Å². The predicted octanol–water partition coefficient (Wildman–Crippen LogP) is 4.71. The molecule has 0 amide bonds. The summed E-state index contributed by atoms with van der Waals surface area (Å²) in [6, 6.07) is 8.57. The highest BCUT2D eigenvalue weighted by Gasteiger charge is 1.98. The zero-order valence-electron chi connectivity index (χ0n) is 8.36. The first kappa shape index (κ1) is 9.47. The lowest BCUT2D eigenvalue weighted by Gasteiger charge is -1.90. The SMILES string of the molecule is CCC/C=C/c1csc2ccccc12. The number of rotatable bonds is 3. The third kappa shape index (κ3) is 1.88. The molecule has 0 atom stereocenters. The molecule has 72 valence electrons. The summed E-state index contributed by atoms with van der Waals surface area (Å²) in [6.07, 6.45) is 6.89. The van der Waals surface area contributed by atoms with E-state index in [-0.39, 0.29) is 0 Å². The van der Waals surface area contributed by atoms with Gasteiger partial charge in [-0.25, -0.2) is 0 Å². The predicted molar refractivity (Wildman–Crippen MR) is 65.8 cm³/mol. The molecular weight excluding hydrogens is 188 g/mol. The maximum atomic E-state index is 2.26. The minimum atomic E-state index is 1.17. The first-order chi connectivity index (χ1) is 6.92. The van der Waals surface area contributed by atoms with Gasteiger partial charge in [0.05, 0.1) is 0 Å². The van der Waals surface area contributed by atoms with E-state index in [1.54, 1.807) is 0 Å². The molecule has 0 unspecified atom stereocenters. The molecule has 0 saturated heterocycles. The fourth-order valence-corrected chi connectivity index (χ4v) is 2.43. The van der Waals surface area contributed by atoms with Crippen molar-refractivity contribution >= 4 is 27.5 Å². The molecule has 0 saturated carbocycles. The molecular formula is C13H14S. The first-order valence-electron chi connectivity index (χ1n) is 5.04. The largest absolute Gasteiger partial charge is 0.143 e. The van der Waals surface area contributed by atoms with Gasteiger partial charge in [0.2, 0.25) is 0 Å². The lowest BCUT2D eigenvalue weighted by atomic mass is 10.1. The van der Waals surface area contributed by atoms with Crippen LogP contribution in [0.3, 0.4) is 0 Å². The van der Waals surface area contributed by atoms with Crippen LogP contribution in [0.5, 0.6) is 0 Å². The van der Waals surface area contributed by atoms with Crippen LogP contribution >= 0.6 is 11.3 Å². The van der Waals surface area contributed by atoms with Crippen molar-refractivity contribution in [2.75, 3.05) is 0 Å². The van der Waals surface area contributed by atoms with E-state index in [1.807, 2.05) is 11.3 Å². The Kier molecular flexibility index (Phi) is 3.00. The minimum Gasteiger partial charge on any atom is -0.143 e. The summed E-state index contributed by atoms with van der Waals surface area (Å²) in [5.74, 6) is 0. The lowest BCUT2D eigenvalue weighted by Crippen LogP contribution is -1.67. The molecule has 14 heavy (non-hydrogen) atoms. The first-order valence-corrected chi connectivity index (χ1v) is 5.92. The van der Waals surface area contributed by atoms with Crippen LogP contribution in [0.25, 0.3) is 16.2 Å². The average molecular weight is 202 g/mol. The monoisotopic (exact) mass is 202 g/mol. The fourth-order valence-electron chi connectivity index (χ4n) is 1.50. The summed E-state index contributed by atoms with van der Waals surface area (Å²) in [7, 11) is 0. The molecule has 2 aromatic rings. The smallest absolute Gasteiger partial charge is 0.0348 e. The highest BCUT2D eigenvalue weighted by molar-refractivity contribution is 7.17. The summed E-state index contributed by atoms with van der Waals surface area (Å²) in [4.78, 5) is 0. The van der Waals surface area contributed by atoms with E-state index in [9.17, 15) is 0 Å². The van der Waals surface area contributed by atoms with E-state index < -0.39 is 0 Å². The van der Waals surface area contributed by atoms with Crippen molar-refractivity contribution in [2.24, 2.45) is 0 Å². The summed E-state index contributed by atoms with van der Waals surface area (Å²) in [5, 5.41) is 3.61. The van der Waals surface area contributed by atoms with Crippen molar-refractivity contribution in [1.82, 2.24) is 0 Å². The van der Waals surface area contributed by atoms with Crippen LogP contribution in [0, 0.1) is 0 Å². The van der Waals surface area contributed by atoms with E-state index in [0.717, 1.165) is 0 Å². The maximum absolute atomic E-state index is 2.26. The van der Waals surface area contributed by atoms with Crippen LogP contribution in [-0.4, -0.2) is 0 Å². The summed E-state index contributed by atoms with van der Waals surface area (Å²) in [5.41, 5.74) is 1.36. The van der Waals surface area contributed by atoms with Gasteiger partial charge in [0.25, 0.3) is 0 Å². The zero-order chi connectivity index (χ0) is 9.80. The van der Waals surface area contributed by atoms with Crippen molar-refractivity contribution in [3.8, 4) is 0 Å². The molecule has 0 spiro atoms.